The van der Waals surface area contributed by atoms with Crippen molar-refractivity contribution in [2.75, 3.05) is 4.90 Å². The summed E-state index contributed by atoms with van der Waals surface area (Å²) in [4.78, 5) is 17.9. The van der Waals surface area contributed by atoms with E-state index in [-0.39, 0.29) is 5.91 Å². The zero-order chi connectivity index (χ0) is 10.3. The van der Waals surface area contributed by atoms with Crippen LogP contribution in [0.25, 0.3) is 0 Å². The number of nitrogens with zero attached hydrogens (tertiary/aromatic N) is 2. The lowest BCUT2D eigenvalue weighted by molar-refractivity contribution is 0.0996. The van der Waals surface area contributed by atoms with Gasteiger partial charge in [0.05, 0.1) is 6.54 Å². The van der Waals surface area contributed by atoms with Crippen molar-refractivity contribution in [1.29, 1.82) is 0 Å². The number of carbonyl (C=O) groups is 1. The van der Waals surface area contributed by atoms with Crippen molar-refractivity contribution < 1.29 is 4.79 Å². The molecule has 1 aromatic carbocycles. The highest BCUT2D eigenvalue weighted by Crippen LogP contribution is 2.28. The molecule has 15 heavy (non-hydrogen) atoms. The average molecular weight is 216 g/mol. The molecule has 0 N–H and O–H groups in total. The number of anilines is 1. The average Bonchev–Trinajstić information content (AvgIpc) is 2.87. The summed E-state index contributed by atoms with van der Waals surface area (Å²) in [7, 11) is 0. The van der Waals surface area contributed by atoms with E-state index < -0.39 is 0 Å². The normalized spacial score (nSPS) is 14.4. The predicted molar refractivity (Wildman–Crippen MR) is 59.1 cm³/mol. The first-order valence-electron chi connectivity index (χ1n) is 4.65. The first-order chi connectivity index (χ1) is 7.36. The molecule has 3 nitrogen and oxygen atoms in total. The topological polar surface area (TPSA) is 33.2 Å². The number of rotatable bonds is 1. The number of hydrogen-bond donors (Lipinski definition) is 0. The highest BCUT2D eigenvalue weighted by atomic mass is 32.1. The maximum absolute atomic E-state index is 12.0. The van der Waals surface area contributed by atoms with Gasteiger partial charge in [-0.1, -0.05) is 18.2 Å². The second-order valence-electron chi connectivity index (χ2n) is 3.36. The third-order valence-corrected chi connectivity index (χ3v) is 3.27. The second-order valence-corrected chi connectivity index (χ2v) is 4.24. The maximum atomic E-state index is 12.0. The van der Waals surface area contributed by atoms with Crippen molar-refractivity contribution in [2.45, 2.75) is 6.54 Å². The zero-order valence-corrected chi connectivity index (χ0v) is 8.70. The van der Waals surface area contributed by atoms with Crippen LogP contribution in [0.2, 0.25) is 0 Å². The van der Waals surface area contributed by atoms with Crippen LogP contribution in [0.4, 0.5) is 5.13 Å². The van der Waals surface area contributed by atoms with Crippen LogP contribution in [0.1, 0.15) is 15.9 Å². The molecule has 2 aromatic rings. The minimum absolute atomic E-state index is 0.0561. The van der Waals surface area contributed by atoms with E-state index in [2.05, 4.69) is 4.98 Å². The van der Waals surface area contributed by atoms with Crippen LogP contribution in [0.3, 0.4) is 0 Å². The quantitative estimate of drug-likeness (QED) is 0.732. The van der Waals surface area contributed by atoms with Gasteiger partial charge < -0.3 is 0 Å². The smallest absolute Gasteiger partial charge is 0.260 e. The van der Waals surface area contributed by atoms with E-state index in [9.17, 15) is 4.79 Å². The molecule has 3 rings (SSSR count). The number of thiazole rings is 1. The molecule has 1 aromatic heterocycles. The van der Waals surface area contributed by atoms with Crippen LogP contribution < -0.4 is 4.90 Å². The number of hydrogen-bond acceptors (Lipinski definition) is 3. The molecule has 0 unspecified atom stereocenters. The van der Waals surface area contributed by atoms with E-state index in [1.807, 2.05) is 29.6 Å². The Bertz CT molecular complexity index is 507. The van der Waals surface area contributed by atoms with E-state index in [1.165, 1.54) is 11.3 Å². The Morgan fingerprint density at radius 2 is 2.20 bits per heavy atom. The van der Waals surface area contributed by atoms with Crippen LogP contribution in [0.5, 0.6) is 0 Å². The molecular formula is C11H8N2OS. The Morgan fingerprint density at radius 1 is 1.33 bits per heavy atom. The summed E-state index contributed by atoms with van der Waals surface area (Å²) < 4.78 is 0. The molecule has 0 saturated carbocycles. The fraction of sp³-hybridized carbons (Fsp3) is 0.0909. The van der Waals surface area contributed by atoms with Gasteiger partial charge in [0.25, 0.3) is 5.91 Å². The standard InChI is InChI=1S/C11H8N2OS/c14-10-9-4-2-1-3-8(9)7-13(10)11-12-5-6-15-11/h1-6H,7H2. The van der Waals surface area contributed by atoms with E-state index in [1.54, 1.807) is 11.1 Å². The van der Waals surface area contributed by atoms with Gasteiger partial charge in [0.1, 0.15) is 0 Å². The molecule has 0 bridgehead atoms. The molecule has 2 heterocycles. The highest BCUT2D eigenvalue weighted by molar-refractivity contribution is 7.13. The Hall–Kier alpha value is -1.68. The van der Waals surface area contributed by atoms with Gasteiger partial charge >= 0.3 is 0 Å². The number of fused-ring (bicyclic) bond motifs is 1. The SMILES string of the molecule is O=C1c2ccccc2CN1c1nccs1. The monoisotopic (exact) mass is 216 g/mol. The van der Waals surface area contributed by atoms with Crippen LogP contribution in [0, 0.1) is 0 Å². The molecular weight excluding hydrogens is 208 g/mol. The van der Waals surface area contributed by atoms with Crippen LogP contribution in [-0.4, -0.2) is 10.9 Å². The van der Waals surface area contributed by atoms with E-state index in [0.29, 0.717) is 6.54 Å². The molecule has 0 atom stereocenters. The van der Waals surface area contributed by atoms with Gasteiger partial charge in [0.15, 0.2) is 5.13 Å². The first-order valence-corrected chi connectivity index (χ1v) is 5.53. The fourth-order valence-corrected chi connectivity index (χ4v) is 2.40. The van der Waals surface area contributed by atoms with Crippen molar-refractivity contribution in [3.8, 4) is 0 Å². The predicted octanol–water partition coefficient (Wildman–Crippen LogP) is 2.30. The number of benzene rings is 1. The Labute approximate surface area is 91.0 Å². The molecule has 1 aliphatic heterocycles. The van der Waals surface area contributed by atoms with E-state index in [4.69, 9.17) is 0 Å². The van der Waals surface area contributed by atoms with Crippen molar-refractivity contribution in [1.82, 2.24) is 4.98 Å². The molecule has 0 fully saturated rings. The Morgan fingerprint density at radius 3 is 2.93 bits per heavy atom. The van der Waals surface area contributed by atoms with Gasteiger partial charge in [-0.2, -0.15) is 0 Å². The fourth-order valence-electron chi connectivity index (χ4n) is 1.76. The molecule has 1 amide bonds. The van der Waals surface area contributed by atoms with Gasteiger partial charge in [-0.3, -0.25) is 9.69 Å². The van der Waals surface area contributed by atoms with Crippen LogP contribution >= 0.6 is 11.3 Å². The largest absolute Gasteiger partial charge is 0.279 e. The summed E-state index contributed by atoms with van der Waals surface area (Å²) in [6.07, 6.45) is 1.72. The third-order valence-electron chi connectivity index (χ3n) is 2.47. The Kier molecular flexibility index (Phi) is 1.82. The molecule has 4 heteroatoms. The van der Waals surface area contributed by atoms with Gasteiger partial charge in [0, 0.05) is 17.1 Å². The molecule has 0 radical (unpaired) electrons. The number of aromatic nitrogens is 1. The Balaban J connectivity index is 2.04. The van der Waals surface area contributed by atoms with Crippen molar-refractivity contribution in [3.63, 3.8) is 0 Å². The third kappa shape index (κ3) is 1.26. The minimum Gasteiger partial charge on any atom is -0.279 e. The lowest BCUT2D eigenvalue weighted by Crippen LogP contribution is -2.22. The summed E-state index contributed by atoms with van der Waals surface area (Å²) in [5.74, 6) is 0.0561. The van der Waals surface area contributed by atoms with Crippen LogP contribution in [0.15, 0.2) is 35.8 Å². The maximum Gasteiger partial charge on any atom is 0.260 e. The van der Waals surface area contributed by atoms with E-state index in [0.717, 1.165) is 16.3 Å². The lowest BCUT2D eigenvalue weighted by Gasteiger charge is -2.10. The molecule has 0 saturated heterocycles. The molecule has 0 spiro atoms. The summed E-state index contributed by atoms with van der Waals surface area (Å²) in [6.45, 7) is 0.641. The van der Waals surface area contributed by atoms with Gasteiger partial charge in [0.2, 0.25) is 0 Å². The molecule has 1 aliphatic rings. The summed E-state index contributed by atoms with van der Waals surface area (Å²) in [6, 6.07) is 7.70. The van der Waals surface area contributed by atoms with Crippen molar-refractivity contribution in [3.05, 3.63) is 47.0 Å². The van der Waals surface area contributed by atoms with Gasteiger partial charge in [-0.15, -0.1) is 11.3 Å². The van der Waals surface area contributed by atoms with Crippen molar-refractivity contribution >= 4 is 22.4 Å². The zero-order valence-electron chi connectivity index (χ0n) is 7.88. The highest BCUT2D eigenvalue weighted by Gasteiger charge is 2.29. The van der Waals surface area contributed by atoms with Gasteiger partial charge in [-0.25, -0.2) is 4.98 Å². The minimum atomic E-state index is 0.0561. The summed E-state index contributed by atoms with van der Waals surface area (Å²) >= 11 is 1.49. The van der Waals surface area contributed by atoms with Crippen molar-refractivity contribution in [2.24, 2.45) is 0 Å². The van der Waals surface area contributed by atoms with Crippen LogP contribution in [-0.2, 0) is 6.54 Å². The van der Waals surface area contributed by atoms with E-state index >= 15 is 0 Å². The number of amides is 1. The number of carbonyl (C=O) groups excluding carboxylic acids is 1. The summed E-state index contributed by atoms with van der Waals surface area (Å²) in [5, 5.41) is 2.65. The second kappa shape index (κ2) is 3.17. The molecule has 0 aliphatic carbocycles. The lowest BCUT2D eigenvalue weighted by atomic mass is 10.1. The summed E-state index contributed by atoms with van der Waals surface area (Å²) in [5.41, 5.74) is 1.88. The first kappa shape index (κ1) is 8.61. The van der Waals surface area contributed by atoms with Gasteiger partial charge in [-0.05, 0) is 11.6 Å². The molecule has 74 valence electrons.